The highest BCUT2D eigenvalue weighted by Gasteiger charge is 2.48. The van der Waals surface area contributed by atoms with E-state index in [1.807, 2.05) is 6.07 Å². The van der Waals surface area contributed by atoms with Crippen molar-refractivity contribution in [3.63, 3.8) is 0 Å². The maximum Gasteiger partial charge on any atom is 0.338 e. The number of fused-ring (bicyclic) bond motifs is 1. The van der Waals surface area contributed by atoms with Gasteiger partial charge in [0.1, 0.15) is 12.2 Å². The molecule has 0 N–H and O–H groups in total. The second-order valence-electron chi connectivity index (χ2n) is 7.09. The molecular formula is C22H20O6. The SMILES string of the molecule is O=C(OC1CC2COC(=O)C2CC1OC(=O)c1ccccc1)c1ccccc1. The van der Waals surface area contributed by atoms with Crippen molar-refractivity contribution in [3.8, 4) is 0 Å². The van der Waals surface area contributed by atoms with Gasteiger partial charge in [0.2, 0.25) is 0 Å². The molecule has 0 spiro atoms. The van der Waals surface area contributed by atoms with Gasteiger partial charge in [-0.25, -0.2) is 9.59 Å². The molecule has 4 atom stereocenters. The molecule has 0 amide bonds. The molecule has 0 bridgehead atoms. The fraction of sp³-hybridized carbons (Fsp3) is 0.318. The molecule has 0 radical (unpaired) electrons. The first-order chi connectivity index (χ1) is 13.6. The van der Waals surface area contributed by atoms with Crippen LogP contribution in [0.2, 0.25) is 0 Å². The Labute approximate surface area is 162 Å². The van der Waals surface area contributed by atoms with E-state index in [0.717, 1.165) is 0 Å². The van der Waals surface area contributed by atoms with Crippen molar-refractivity contribution in [2.75, 3.05) is 6.61 Å². The van der Waals surface area contributed by atoms with Gasteiger partial charge in [-0.15, -0.1) is 0 Å². The minimum atomic E-state index is -0.702. The molecular weight excluding hydrogens is 360 g/mol. The Morgan fingerprint density at radius 1 is 0.786 bits per heavy atom. The molecule has 1 aliphatic carbocycles. The van der Waals surface area contributed by atoms with Gasteiger partial charge in [0, 0.05) is 12.3 Å². The van der Waals surface area contributed by atoms with Crippen LogP contribution in [0.3, 0.4) is 0 Å². The molecule has 1 saturated carbocycles. The van der Waals surface area contributed by atoms with E-state index in [1.54, 1.807) is 54.6 Å². The largest absolute Gasteiger partial charge is 0.465 e. The molecule has 4 unspecified atom stereocenters. The van der Waals surface area contributed by atoms with E-state index in [-0.39, 0.29) is 24.2 Å². The van der Waals surface area contributed by atoms with Gasteiger partial charge in [-0.3, -0.25) is 4.79 Å². The monoisotopic (exact) mass is 380 g/mol. The Bertz CT molecular complexity index is 863. The van der Waals surface area contributed by atoms with Crippen LogP contribution in [0.25, 0.3) is 0 Å². The number of rotatable bonds is 4. The molecule has 1 heterocycles. The van der Waals surface area contributed by atoms with E-state index in [4.69, 9.17) is 14.2 Å². The van der Waals surface area contributed by atoms with Crippen LogP contribution in [0.1, 0.15) is 33.6 Å². The number of hydrogen-bond donors (Lipinski definition) is 0. The van der Waals surface area contributed by atoms with Gasteiger partial charge < -0.3 is 14.2 Å². The van der Waals surface area contributed by atoms with Crippen LogP contribution in [0, 0.1) is 11.8 Å². The summed E-state index contributed by atoms with van der Waals surface area (Å²) in [6, 6.07) is 17.3. The van der Waals surface area contributed by atoms with Crippen molar-refractivity contribution >= 4 is 17.9 Å². The summed E-state index contributed by atoms with van der Waals surface area (Å²) in [5, 5.41) is 0. The number of carbonyl (C=O) groups excluding carboxylic acids is 3. The molecule has 28 heavy (non-hydrogen) atoms. The number of hydrogen-bond acceptors (Lipinski definition) is 6. The van der Waals surface area contributed by atoms with Crippen molar-refractivity contribution in [1.29, 1.82) is 0 Å². The van der Waals surface area contributed by atoms with Crippen LogP contribution in [-0.4, -0.2) is 36.7 Å². The molecule has 2 fully saturated rings. The zero-order valence-electron chi connectivity index (χ0n) is 15.2. The summed E-state index contributed by atoms with van der Waals surface area (Å²) < 4.78 is 16.5. The van der Waals surface area contributed by atoms with Crippen molar-refractivity contribution in [1.82, 2.24) is 0 Å². The molecule has 1 saturated heterocycles. The lowest BCUT2D eigenvalue weighted by Crippen LogP contribution is -2.44. The molecule has 2 aromatic rings. The minimum Gasteiger partial charge on any atom is -0.465 e. The first-order valence-electron chi connectivity index (χ1n) is 9.30. The highest BCUT2D eigenvalue weighted by atomic mass is 16.6. The minimum absolute atomic E-state index is 0.0345. The summed E-state index contributed by atoms with van der Waals surface area (Å²) in [5.74, 6) is -1.63. The average molecular weight is 380 g/mol. The van der Waals surface area contributed by atoms with Gasteiger partial charge >= 0.3 is 17.9 Å². The molecule has 1 aliphatic heterocycles. The van der Waals surface area contributed by atoms with E-state index in [0.29, 0.717) is 24.2 Å². The number of benzene rings is 2. The summed E-state index contributed by atoms with van der Waals surface area (Å²) >= 11 is 0. The Kier molecular flexibility index (Phi) is 5.10. The molecule has 6 nitrogen and oxygen atoms in total. The summed E-state index contributed by atoms with van der Waals surface area (Å²) in [4.78, 5) is 37.0. The fourth-order valence-corrected chi connectivity index (χ4v) is 3.79. The Hall–Kier alpha value is -3.15. The molecule has 2 aromatic carbocycles. The highest BCUT2D eigenvalue weighted by Crippen LogP contribution is 2.39. The lowest BCUT2D eigenvalue weighted by atomic mass is 9.78. The van der Waals surface area contributed by atoms with Gasteiger partial charge in [0.25, 0.3) is 0 Å². The zero-order valence-corrected chi connectivity index (χ0v) is 15.2. The van der Waals surface area contributed by atoms with E-state index < -0.39 is 24.1 Å². The second-order valence-corrected chi connectivity index (χ2v) is 7.09. The average Bonchev–Trinajstić information content (AvgIpc) is 3.09. The van der Waals surface area contributed by atoms with Crippen molar-refractivity contribution in [2.24, 2.45) is 11.8 Å². The topological polar surface area (TPSA) is 78.9 Å². The van der Waals surface area contributed by atoms with Crippen molar-refractivity contribution < 1.29 is 28.6 Å². The lowest BCUT2D eigenvalue weighted by Gasteiger charge is -2.35. The Morgan fingerprint density at radius 3 is 1.82 bits per heavy atom. The first kappa shape index (κ1) is 18.2. The Morgan fingerprint density at radius 2 is 1.29 bits per heavy atom. The predicted molar refractivity (Wildman–Crippen MR) is 98.5 cm³/mol. The Balaban J connectivity index is 1.52. The molecule has 6 heteroatoms. The van der Waals surface area contributed by atoms with Crippen LogP contribution < -0.4 is 0 Å². The molecule has 144 valence electrons. The summed E-state index contributed by atoms with van der Waals surface area (Å²) in [7, 11) is 0. The number of carbonyl (C=O) groups is 3. The van der Waals surface area contributed by atoms with Gasteiger partial charge in [0.15, 0.2) is 0 Å². The van der Waals surface area contributed by atoms with Crippen LogP contribution in [0.5, 0.6) is 0 Å². The quantitative estimate of drug-likeness (QED) is 0.599. The first-order valence-corrected chi connectivity index (χ1v) is 9.30. The zero-order chi connectivity index (χ0) is 19.5. The van der Waals surface area contributed by atoms with Gasteiger partial charge in [-0.2, -0.15) is 0 Å². The number of cyclic esters (lactones) is 1. The van der Waals surface area contributed by atoms with E-state index in [9.17, 15) is 14.4 Å². The summed E-state index contributed by atoms with van der Waals surface area (Å²) in [5.41, 5.74) is 0.836. The number of ether oxygens (including phenoxy) is 3. The summed E-state index contributed by atoms with van der Waals surface area (Å²) in [6.07, 6.45) is -0.625. The van der Waals surface area contributed by atoms with Gasteiger partial charge in [0.05, 0.1) is 23.7 Å². The number of esters is 3. The smallest absolute Gasteiger partial charge is 0.338 e. The van der Waals surface area contributed by atoms with Crippen LogP contribution in [-0.2, 0) is 19.0 Å². The maximum absolute atomic E-state index is 12.5. The highest BCUT2D eigenvalue weighted by molar-refractivity contribution is 5.90. The molecule has 0 aromatic heterocycles. The second kappa shape index (κ2) is 7.84. The van der Waals surface area contributed by atoms with E-state index in [1.165, 1.54) is 0 Å². The summed E-state index contributed by atoms with van der Waals surface area (Å²) in [6.45, 7) is 0.308. The normalized spacial score (nSPS) is 26.1. The fourth-order valence-electron chi connectivity index (χ4n) is 3.79. The maximum atomic E-state index is 12.5. The van der Waals surface area contributed by atoms with Gasteiger partial charge in [-0.1, -0.05) is 36.4 Å². The molecule has 2 aliphatic rings. The third-order valence-electron chi connectivity index (χ3n) is 5.28. The van der Waals surface area contributed by atoms with E-state index >= 15 is 0 Å². The van der Waals surface area contributed by atoms with Crippen LogP contribution in [0.4, 0.5) is 0 Å². The van der Waals surface area contributed by atoms with E-state index in [2.05, 4.69) is 0 Å². The van der Waals surface area contributed by atoms with Gasteiger partial charge in [-0.05, 0) is 30.7 Å². The lowest BCUT2D eigenvalue weighted by molar-refractivity contribution is -0.143. The van der Waals surface area contributed by atoms with Crippen molar-refractivity contribution in [2.45, 2.75) is 25.0 Å². The van der Waals surface area contributed by atoms with Crippen molar-refractivity contribution in [3.05, 3.63) is 71.8 Å². The van der Waals surface area contributed by atoms with Crippen LogP contribution in [0.15, 0.2) is 60.7 Å². The van der Waals surface area contributed by atoms with Crippen LogP contribution >= 0.6 is 0 Å². The third-order valence-corrected chi connectivity index (χ3v) is 5.28. The standard InChI is InChI=1S/C22H20O6/c23-20(14-7-3-1-4-8-14)27-18-11-16-13-26-22(25)17(16)12-19(18)28-21(24)15-9-5-2-6-10-15/h1-10,16-19H,11-13H2. The molecule has 4 rings (SSSR count). The predicted octanol–water partition coefficient (Wildman–Crippen LogP) is 3.02. The third kappa shape index (κ3) is 3.76.